The van der Waals surface area contributed by atoms with Crippen LogP contribution in [0.15, 0.2) is 28.7 Å². The van der Waals surface area contributed by atoms with Crippen LogP contribution < -0.4 is 0 Å². The fourth-order valence-corrected chi connectivity index (χ4v) is 2.68. The second-order valence-corrected chi connectivity index (χ2v) is 5.93. The molecule has 0 spiro atoms. The average molecular weight is 314 g/mol. The first-order valence-electron chi connectivity index (χ1n) is 6.35. The molecule has 0 bridgehead atoms. The summed E-state index contributed by atoms with van der Waals surface area (Å²) in [5, 5.41) is 10.3. The van der Waals surface area contributed by atoms with Crippen molar-refractivity contribution in [1.82, 2.24) is 4.90 Å². The van der Waals surface area contributed by atoms with Crippen LogP contribution in [0.4, 0.5) is 0 Å². The van der Waals surface area contributed by atoms with Gasteiger partial charge in [-0.3, -0.25) is 4.90 Å². The molecule has 2 rings (SSSR count). The number of morpholine rings is 1. The quantitative estimate of drug-likeness (QED) is 0.931. The van der Waals surface area contributed by atoms with Gasteiger partial charge in [-0.25, -0.2) is 0 Å². The number of ether oxygens (including phenoxy) is 1. The lowest BCUT2D eigenvalue weighted by Gasteiger charge is -2.37. The minimum Gasteiger partial charge on any atom is -0.387 e. The summed E-state index contributed by atoms with van der Waals surface area (Å²) in [6, 6.07) is 8.22. The first-order valence-corrected chi connectivity index (χ1v) is 7.14. The minimum absolute atomic E-state index is 0.246. The van der Waals surface area contributed by atoms with Crippen LogP contribution in [0.5, 0.6) is 0 Å². The van der Waals surface area contributed by atoms with Crippen molar-refractivity contribution < 1.29 is 9.84 Å². The number of β-amino-alcohol motifs (C(OH)–C–C–N with tert-alkyl or cyclic N) is 1. The number of halogens is 1. The predicted octanol–water partition coefficient (Wildman–Crippen LogP) is 2.59. The Kier molecular flexibility index (Phi) is 4.78. The van der Waals surface area contributed by atoms with Crippen molar-refractivity contribution in [3.05, 3.63) is 34.3 Å². The molecule has 1 aromatic carbocycles. The lowest BCUT2D eigenvalue weighted by Crippen LogP contribution is -2.48. The molecule has 0 radical (unpaired) electrons. The van der Waals surface area contributed by atoms with Gasteiger partial charge in [-0.05, 0) is 31.5 Å². The maximum atomic E-state index is 10.3. The molecule has 0 aromatic heterocycles. The van der Waals surface area contributed by atoms with Crippen molar-refractivity contribution in [2.45, 2.75) is 32.1 Å². The van der Waals surface area contributed by atoms with Crippen LogP contribution in [0.25, 0.3) is 0 Å². The third-order valence-corrected chi connectivity index (χ3v) is 3.87. The third-order valence-electron chi connectivity index (χ3n) is 3.38. The Bertz CT molecular complexity index is 399. The zero-order valence-electron chi connectivity index (χ0n) is 10.8. The largest absolute Gasteiger partial charge is 0.387 e. The van der Waals surface area contributed by atoms with E-state index in [-0.39, 0.29) is 6.10 Å². The van der Waals surface area contributed by atoms with E-state index in [1.807, 2.05) is 24.3 Å². The highest BCUT2D eigenvalue weighted by Gasteiger charge is 2.25. The molecule has 0 amide bonds. The summed E-state index contributed by atoms with van der Waals surface area (Å²) in [4.78, 5) is 2.29. The Balaban J connectivity index is 2.00. The number of benzene rings is 1. The van der Waals surface area contributed by atoms with Crippen molar-refractivity contribution in [1.29, 1.82) is 0 Å². The second-order valence-electron chi connectivity index (χ2n) is 5.02. The van der Waals surface area contributed by atoms with Gasteiger partial charge in [-0.1, -0.05) is 28.1 Å². The SMILES string of the molecule is CC1CN(CC(O)c2cccc(Br)c2)C(C)CO1. The van der Waals surface area contributed by atoms with E-state index < -0.39 is 6.10 Å². The number of nitrogens with zero attached hydrogens (tertiary/aromatic N) is 1. The van der Waals surface area contributed by atoms with E-state index in [4.69, 9.17) is 4.74 Å². The van der Waals surface area contributed by atoms with E-state index in [0.29, 0.717) is 12.6 Å². The highest BCUT2D eigenvalue weighted by Crippen LogP contribution is 2.21. The Morgan fingerprint density at radius 3 is 3.00 bits per heavy atom. The van der Waals surface area contributed by atoms with Crippen LogP contribution in [-0.4, -0.2) is 41.8 Å². The number of rotatable bonds is 3. The zero-order valence-corrected chi connectivity index (χ0v) is 12.4. The minimum atomic E-state index is -0.449. The summed E-state index contributed by atoms with van der Waals surface area (Å²) in [7, 11) is 0. The zero-order chi connectivity index (χ0) is 13.1. The molecule has 1 saturated heterocycles. The molecule has 1 N–H and O–H groups in total. The normalized spacial score (nSPS) is 27.1. The van der Waals surface area contributed by atoms with Crippen LogP contribution in [0.2, 0.25) is 0 Å². The molecule has 100 valence electrons. The van der Waals surface area contributed by atoms with Gasteiger partial charge in [0.25, 0.3) is 0 Å². The summed E-state index contributed by atoms with van der Waals surface area (Å²) in [6.07, 6.45) is -0.203. The standard InChI is InChI=1S/C14H20BrNO2/c1-10-9-18-11(2)7-16(10)8-14(17)12-4-3-5-13(15)6-12/h3-6,10-11,14,17H,7-9H2,1-2H3. The van der Waals surface area contributed by atoms with Crippen LogP contribution in [0.3, 0.4) is 0 Å². The van der Waals surface area contributed by atoms with Gasteiger partial charge in [-0.2, -0.15) is 0 Å². The summed E-state index contributed by atoms with van der Waals surface area (Å²) >= 11 is 3.43. The van der Waals surface area contributed by atoms with Gasteiger partial charge < -0.3 is 9.84 Å². The lowest BCUT2D eigenvalue weighted by molar-refractivity contribution is -0.0619. The van der Waals surface area contributed by atoms with Gasteiger partial charge in [0.15, 0.2) is 0 Å². The molecule has 3 atom stereocenters. The third kappa shape index (κ3) is 3.54. The monoisotopic (exact) mass is 313 g/mol. The molecule has 0 saturated carbocycles. The van der Waals surface area contributed by atoms with Crippen molar-refractivity contribution in [3.8, 4) is 0 Å². The molecule has 1 aromatic rings. The Hall–Kier alpha value is -0.420. The molecule has 0 aliphatic carbocycles. The fraction of sp³-hybridized carbons (Fsp3) is 0.571. The molecule has 3 nitrogen and oxygen atoms in total. The summed E-state index contributed by atoms with van der Waals surface area (Å²) < 4.78 is 6.60. The van der Waals surface area contributed by atoms with Crippen LogP contribution in [0, 0.1) is 0 Å². The number of aliphatic hydroxyl groups is 1. The predicted molar refractivity (Wildman–Crippen MR) is 75.6 cm³/mol. The lowest BCUT2D eigenvalue weighted by atomic mass is 10.1. The molecule has 3 unspecified atom stereocenters. The smallest absolute Gasteiger partial charge is 0.0917 e. The molecule has 18 heavy (non-hydrogen) atoms. The maximum Gasteiger partial charge on any atom is 0.0917 e. The van der Waals surface area contributed by atoms with E-state index in [1.165, 1.54) is 0 Å². The van der Waals surface area contributed by atoms with Gasteiger partial charge >= 0.3 is 0 Å². The van der Waals surface area contributed by atoms with E-state index in [2.05, 4.69) is 34.7 Å². The summed E-state index contributed by atoms with van der Waals surface area (Å²) in [5.41, 5.74) is 0.954. The van der Waals surface area contributed by atoms with E-state index in [1.54, 1.807) is 0 Å². The first kappa shape index (κ1) is 14.0. The summed E-state index contributed by atoms with van der Waals surface area (Å²) in [6.45, 7) is 6.49. The van der Waals surface area contributed by atoms with Crippen molar-refractivity contribution >= 4 is 15.9 Å². The van der Waals surface area contributed by atoms with E-state index >= 15 is 0 Å². The highest BCUT2D eigenvalue weighted by molar-refractivity contribution is 9.10. The van der Waals surface area contributed by atoms with Crippen LogP contribution >= 0.6 is 15.9 Å². The van der Waals surface area contributed by atoms with E-state index in [9.17, 15) is 5.11 Å². The van der Waals surface area contributed by atoms with E-state index in [0.717, 1.165) is 23.2 Å². The van der Waals surface area contributed by atoms with Gasteiger partial charge in [0.1, 0.15) is 0 Å². The molecule has 1 aliphatic heterocycles. The fourth-order valence-electron chi connectivity index (χ4n) is 2.27. The Morgan fingerprint density at radius 1 is 1.50 bits per heavy atom. The topological polar surface area (TPSA) is 32.7 Å². The molecular formula is C14H20BrNO2. The van der Waals surface area contributed by atoms with Crippen molar-refractivity contribution in [3.63, 3.8) is 0 Å². The average Bonchev–Trinajstić information content (AvgIpc) is 2.34. The first-order chi connectivity index (χ1) is 8.56. The summed E-state index contributed by atoms with van der Waals surface area (Å²) in [5.74, 6) is 0. The Labute approximate surface area is 117 Å². The van der Waals surface area contributed by atoms with Crippen molar-refractivity contribution in [2.75, 3.05) is 19.7 Å². The molecule has 1 heterocycles. The molecule has 4 heteroatoms. The molecule has 1 aliphatic rings. The second kappa shape index (κ2) is 6.15. The van der Waals surface area contributed by atoms with Crippen LogP contribution in [-0.2, 0) is 4.74 Å². The highest BCUT2D eigenvalue weighted by atomic mass is 79.9. The molecular weight excluding hydrogens is 294 g/mol. The number of hydrogen-bond donors (Lipinski definition) is 1. The molecule has 1 fully saturated rings. The van der Waals surface area contributed by atoms with Gasteiger partial charge in [0.2, 0.25) is 0 Å². The van der Waals surface area contributed by atoms with Gasteiger partial charge in [0, 0.05) is 23.6 Å². The van der Waals surface area contributed by atoms with Crippen LogP contribution in [0.1, 0.15) is 25.5 Å². The number of hydrogen-bond acceptors (Lipinski definition) is 3. The van der Waals surface area contributed by atoms with Gasteiger partial charge in [0.05, 0.1) is 18.8 Å². The number of aliphatic hydroxyl groups excluding tert-OH is 1. The van der Waals surface area contributed by atoms with Gasteiger partial charge in [-0.15, -0.1) is 0 Å². The van der Waals surface area contributed by atoms with Crippen molar-refractivity contribution in [2.24, 2.45) is 0 Å². The maximum absolute atomic E-state index is 10.3. The Morgan fingerprint density at radius 2 is 2.28 bits per heavy atom.